The summed E-state index contributed by atoms with van der Waals surface area (Å²) in [7, 11) is 1.63. The number of benzene rings is 1. The van der Waals surface area contributed by atoms with E-state index < -0.39 is 0 Å². The highest BCUT2D eigenvalue weighted by Crippen LogP contribution is 2.38. The number of ether oxygens (including phenoxy) is 2. The molecule has 3 nitrogen and oxygen atoms in total. The van der Waals surface area contributed by atoms with E-state index in [4.69, 9.17) is 15.2 Å². The highest BCUT2D eigenvalue weighted by Gasteiger charge is 2.22. The number of thiophene rings is 1. The van der Waals surface area contributed by atoms with Gasteiger partial charge in [-0.05, 0) is 67.2 Å². The SMILES string of the molecule is CCC(N)C(Oc1cc(Br)c(OC)cc1Br)c1ccsc1. The van der Waals surface area contributed by atoms with Gasteiger partial charge in [0.05, 0.1) is 16.1 Å². The molecule has 2 atom stereocenters. The minimum absolute atomic E-state index is 0.0626. The second-order valence-electron chi connectivity index (χ2n) is 4.58. The van der Waals surface area contributed by atoms with Crippen LogP contribution in [-0.4, -0.2) is 13.2 Å². The van der Waals surface area contributed by atoms with E-state index in [1.807, 2.05) is 17.5 Å². The van der Waals surface area contributed by atoms with Gasteiger partial charge in [0.1, 0.15) is 17.6 Å². The van der Waals surface area contributed by atoms with Crippen LogP contribution >= 0.6 is 43.2 Å². The average Bonchev–Trinajstić information content (AvgIpc) is 3.00. The fraction of sp³-hybridized carbons (Fsp3) is 0.333. The van der Waals surface area contributed by atoms with E-state index in [-0.39, 0.29) is 12.1 Å². The second-order valence-corrected chi connectivity index (χ2v) is 7.07. The zero-order valence-corrected chi connectivity index (χ0v) is 15.8. The molecule has 0 radical (unpaired) electrons. The molecule has 1 heterocycles. The van der Waals surface area contributed by atoms with Crippen LogP contribution < -0.4 is 15.2 Å². The molecular formula is C15H17Br2NO2S. The summed E-state index contributed by atoms with van der Waals surface area (Å²) >= 11 is 8.64. The largest absolute Gasteiger partial charge is 0.496 e. The zero-order valence-electron chi connectivity index (χ0n) is 11.8. The number of methoxy groups -OCH3 is 1. The van der Waals surface area contributed by atoms with Crippen molar-refractivity contribution in [3.63, 3.8) is 0 Å². The molecule has 0 saturated carbocycles. The van der Waals surface area contributed by atoms with Crippen molar-refractivity contribution in [1.82, 2.24) is 0 Å². The van der Waals surface area contributed by atoms with Crippen LogP contribution in [0.25, 0.3) is 0 Å². The van der Waals surface area contributed by atoms with E-state index in [2.05, 4.69) is 50.2 Å². The van der Waals surface area contributed by atoms with Crippen molar-refractivity contribution in [2.45, 2.75) is 25.5 Å². The second kappa shape index (κ2) is 7.63. The third kappa shape index (κ3) is 4.00. The molecule has 2 aromatic rings. The van der Waals surface area contributed by atoms with Crippen LogP contribution in [0.5, 0.6) is 11.5 Å². The number of rotatable bonds is 6. The molecule has 0 saturated heterocycles. The van der Waals surface area contributed by atoms with E-state index in [0.29, 0.717) is 0 Å². The first-order valence-corrected chi connectivity index (χ1v) is 9.07. The number of nitrogens with two attached hydrogens (primary N) is 1. The summed E-state index contributed by atoms with van der Waals surface area (Å²) < 4.78 is 13.1. The molecule has 6 heteroatoms. The molecule has 0 amide bonds. The highest BCUT2D eigenvalue weighted by atomic mass is 79.9. The fourth-order valence-corrected chi connectivity index (χ4v) is 3.53. The molecule has 1 aromatic heterocycles. The van der Waals surface area contributed by atoms with E-state index in [1.54, 1.807) is 18.4 Å². The molecule has 0 bridgehead atoms. The summed E-state index contributed by atoms with van der Waals surface area (Å²) in [6.07, 6.45) is 0.674. The Balaban J connectivity index is 2.31. The number of hydrogen-bond donors (Lipinski definition) is 1. The van der Waals surface area contributed by atoms with E-state index in [1.165, 1.54) is 0 Å². The van der Waals surface area contributed by atoms with Gasteiger partial charge in [-0.2, -0.15) is 11.3 Å². The standard InChI is InChI=1S/C15H17Br2NO2S/c1-3-12(18)15(9-4-5-21-8-9)20-14-7-10(16)13(19-2)6-11(14)17/h4-8,12,15H,3,18H2,1-2H3. The van der Waals surface area contributed by atoms with Gasteiger partial charge in [0.25, 0.3) is 0 Å². The first-order valence-electron chi connectivity index (χ1n) is 6.54. The van der Waals surface area contributed by atoms with Gasteiger partial charge >= 0.3 is 0 Å². The monoisotopic (exact) mass is 433 g/mol. The summed E-state index contributed by atoms with van der Waals surface area (Å²) in [5.41, 5.74) is 7.33. The Labute approximate surface area is 145 Å². The van der Waals surface area contributed by atoms with E-state index >= 15 is 0 Å². The maximum absolute atomic E-state index is 6.23. The van der Waals surface area contributed by atoms with Gasteiger partial charge in [0.2, 0.25) is 0 Å². The Hall–Kier alpha value is -0.560. The lowest BCUT2D eigenvalue weighted by molar-refractivity contribution is 0.170. The molecule has 0 fully saturated rings. The normalized spacial score (nSPS) is 13.8. The molecule has 2 rings (SSSR count). The third-order valence-electron chi connectivity index (χ3n) is 3.19. The molecule has 2 unspecified atom stereocenters. The van der Waals surface area contributed by atoms with E-state index in [9.17, 15) is 0 Å². The lowest BCUT2D eigenvalue weighted by Crippen LogP contribution is -2.31. The van der Waals surface area contributed by atoms with Gasteiger partial charge < -0.3 is 15.2 Å². The van der Waals surface area contributed by atoms with Gasteiger partial charge in [0.15, 0.2) is 0 Å². The summed E-state index contributed by atoms with van der Waals surface area (Å²) in [5, 5.41) is 4.11. The van der Waals surface area contributed by atoms with Crippen LogP contribution in [0.1, 0.15) is 25.0 Å². The molecule has 2 N–H and O–H groups in total. The topological polar surface area (TPSA) is 44.5 Å². The third-order valence-corrected chi connectivity index (χ3v) is 5.13. The Morgan fingerprint density at radius 1 is 1.24 bits per heavy atom. The van der Waals surface area contributed by atoms with Crippen molar-refractivity contribution in [3.05, 3.63) is 43.5 Å². The summed E-state index contributed by atoms with van der Waals surface area (Å²) in [4.78, 5) is 0. The van der Waals surface area contributed by atoms with Gasteiger partial charge in [-0.15, -0.1) is 0 Å². The van der Waals surface area contributed by atoms with Gasteiger partial charge in [-0.1, -0.05) is 6.92 Å². The van der Waals surface area contributed by atoms with Gasteiger partial charge in [0, 0.05) is 11.6 Å². The minimum Gasteiger partial charge on any atom is -0.496 e. The van der Waals surface area contributed by atoms with Crippen LogP contribution in [-0.2, 0) is 0 Å². The van der Waals surface area contributed by atoms with E-state index in [0.717, 1.165) is 32.4 Å². The van der Waals surface area contributed by atoms with Crippen molar-refractivity contribution in [2.75, 3.05) is 7.11 Å². The lowest BCUT2D eigenvalue weighted by Gasteiger charge is -2.24. The average molecular weight is 435 g/mol. The predicted molar refractivity (Wildman–Crippen MR) is 94.3 cm³/mol. The number of hydrogen-bond acceptors (Lipinski definition) is 4. The fourth-order valence-electron chi connectivity index (χ4n) is 1.95. The number of halogens is 2. The molecule has 21 heavy (non-hydrogen) atoms. The molecule has 0 spiro atoms. The van der Waals surface area contributed by atoms with Crippen LogP contribution in [0.4, 0.5) is 0 Å². The first kappa shape index (κ1) is 16.8. The minimum atomic E-state index is -0.169. The van der Waals surface area contributed by atoms with Crippen LogP contribution in [0.3, 0.4) is 0 Å². The van der Waals surface area contributed by atoms with Crippen molar-refractivity contribution < 1.29 is 9.47 Å². The molecular weight excluding hydrogens is 418 g/mol. The highest BCUT2D eigenvalue weighted by molar-refractivity contribution is 9.11. The van der Waals surface area contributed by atoms with Gasteiger partial charge in [-0.3, -0.25) is 0 Å². The molecule has 0 aliphatic heterocycles. The van der Waals surface area contributed by atoms with Crippen molar-refractivity contribution in [1.29, 1.82) is 0 Å². The van der Waals surface area contributed by atoms with Gasteiger partial charge in [-0.25, -0.2) is 0 Å². The Morgan fingerprint density at radius 3 is 2.48 bits per heavy atom. The molecule has 0 aliphatic rings. The van der Waals surface area contributed by atoms with Crippen LogP contribution in [0, 0.1) is 0 Å². The Kier molecular flexibility index (Phi) is 6.10. The maximum Gasteiger partial charge on any atom is 0.140 e. The Morgan fingerprint density at radius 2 is 1.90 bits per heavy atom. The lowest BCUT2D eigenvalue weighted by atomic mass is 10.0. The maximum atomic E-state index is 6.23. The molecule has 1 aromatic carbocycles. The Bertz CT molecular complexity index is 590. The van der Waals surface area contributed by atoms with Crippen molar-refractivity contribution in [2.24, 2.45) is 5.73 Å². The summed E-state index contributed by atoms with van der Waals surface area (Å²) in [5.74, 6) is 1.49. The van der Waals surface area contributed by atoms with Crippen molar-refractivity contribution in [3.8, 4) is 11.5 Å². The zero-order chi connectivity index (χ0) is 15.4. The first-order chi connectivity index (χ1) is 10.1. The smallest absolute Gasteiger partial charge is 0.140 e. The molecule has 114 valence electrons. The molecule has 0 aliphatic carbocycles. The predicted octanol–water partition coefficient (Wildman–Crippen LogP) is 5.14. The summed E-state index contributed by atoms with van der Waals surface area (Å²) in [6, 6.07) is 5.76. The van der Waals surface area contributed by atoms with Crippen LogP contribution in [0.15, 0.2) is 37.9 Å². The van der Waals surface area contributed by atoms with Crippen molar-refractivity contribution >= 4 is 43.2 Å². The summed E-state index contributed by atoms with van der Waals surface area (Å²) in [6.45, 7) is 2.06. The quantitative estimate of drug-likeness (QED) is 0.684. The van der Waals surface area contributed by atoms with Crippen LogP contribution in [0.2, 0.25) is 0 Å².